The van der Waals surface area contributed by atoms with E-state index in [-0.39, 0.29) is 20.1 Å². The maximum Gasteiger partial charge on any atom is 0.210 e. The van der Waals surface area contributed by atoms with Gasteiger partial charge in [-0.05, 0) is 35.3 Å². The first-order valence-corrected chi connectivity index (χ1v) is 12.8. The van der Waals surface area contributed by atoms with E-state index >= 15 is 0 Å². The van der Waals surface area contributed by atoms with Crippen molar-refractivity contribution in [3.63, 3.8) is 0 Å². The van der Waals surface area contributed by atoms with E-state index in [2.05, 4.69) is 37.3 Å². The van der Waals surface area contributed by atoms with Crippen molar-refractivity contribution in [2.45, 2.75) is 0 Å². The predicted molar refractivity (Wildman–Crippen MR) is 154 cm³/mol. The van der Waals surface area contributed by atoms with Crippen LogP contribution in [0.2, 0.25) is 0 Å². The second kappa shape index (κ2) is 11.8. The molecular weight excluding hydrogens is 708 g/mol. The van der Waals surface area contributed by atoms with Gasteiger partial charge in [-0.1, -0.05) is 54.1 Å². The van der Waals surface area contributed by atoms with E-state index in [1.165, 1.54) is 12.4 Å². The molecule has 0 unspecified atom stereocenters. The minimum atomic E-state index is -0.394. The number of imidazole rings is 1. The number of para-hydroxylation sites is 2. The maximum absolute atomic E-state index is 14.7. The molecule has 0 bridgehead atoms. The molecule has 1 radical (unpaired) electrons. The number of aromatic nitrogens is 6. The van der Waals surface area contributed by atoms with Crippen LogP contribution in [0.3, 0.4) is 0 Å². The number of hydrogen-bond acceptors (Lipinski definition) is 6. The first-order chi connectivity index (χ1) is 20.3. The molecule has 42 heavy (non-hydrogen) atoms. The molecule has 0 saturated carbocycles. The van der Waals surface area contributed by atoms with Gasteiger partial charge in [0.25, 0.3) is 0 Å². The van der Waals surface area contributed by atoms with Gasteiger partial charge in [-0.15, -0.1) is 58.2 Å². The summed E-state index contributed by atoms with van der Waals surface area (Å²) < 4.78 is 22.6. The van der Waals surface area contributed by atoms with Crippen molar-refractivity contribution in [3.05, 3.63) is 134 Å². The molecule has 0 aliphatic heterocycles. The van der Waals surface area contributed by atoms with Gasteiger partial charge in [-0.3, -0.25) is 9.37 Å². The molecule has 0 atom stereocenters. The van der Waals surface area contributed by atoms with Crippen LogP contribution in [0.5, 0.6) is 0 Å². The molecule has 0 N–H and O–H groups in total. The van der Waals surface area contributed by atoms with E-state index in [9.17, 15) is 4.39 Å². The SMILES string of the molecule is Fc1c[c-]c(-c2nc3nncnc3n2-c2ccccc2)c2oc3ccccc3c12.[Ir].[c-]1ccccc1-c1ccccn1. The Kier molecular flexibility index (Phi) is 7.60. The molecule has 9 heteroatoms. The van der Waals surface area contributed by atoms with Gasteiger partial charge in [-0.2, -0.15) is 0 Å². The molecule has 0 spiro atoms. The zero-order valence-electron chi connectivity index (χ0n) is 21.8. The molecule has 0 fully saturated rings. The van der Waals surface area contributed by atoms with Crippen LogP contribution in [0.15, 0.2) is 120 Å². The second-order valence-corrected chi connectivity index (χ2v) is 9.02. The van der Waals surface area contributed by atoms with E-state index in [1.807, 2.05) is 102 Å². The third kappa shape index (κ3) is 4.96. The van der Waals surface area contributed by atoms with Gasteiger partial charge in [0, 0.05) is 43.2 Å². The summed E-state index contributed by atoms with van der Waals surface area (Å²) in [6.07, 6.45) is 3.16. The monoisotopic (exact) mass is 727 g/mol. The zero-order valence-corrected chi connectivity index (χ0v) is 24.2. The van der Waals surface area contributed by atoms with Crippen LogP contribution in [0.25, 0.3) is 61.6 Å². The van der Waals surface area contributed by atoms with Crippen molar-refractivity contribution in [1.29, 1.82) is 0 Å². The van der Waals surface area contributed by atoms with Crippen molar-refractivity contribution in [2.24, 2.45) is 0 Å². The van der Waals surface area contributed by atoms with Crippen molar-refractivity contribution in [2.75, 3.05) is 0 Å². The summed E-state index contributed by atoms with van der Waals surface area (Å²) >= 11 is 0. The van der Waals surface area contributed by atoms with Gasteiger partial charge in [0.05, 0.1) is 11.4 Å². The summed E-state index contributed by atoms with van der Waals surface area (Å²) in [5.74, 6) is 0.109. The van der Waals surface area contributed by atoms with Crippen molar-refractivity contribution < 1.29 is 28.9 Å². The third-order valence-corrected chi connectivity index (χ3v) is 6.51. The number of pyridine rings is 1. The van der Waals surface area contributed by atoms with Gasteiger partial charge in [0.1, 0.15) is 11.9 Å². The number of hydrogen-bond donors (Lipinski definition) is 0. The molecule has 4 aromatic carbocycles. The largest absolute Gasteiger partial charge is 0.500 e. The van der Waals surface area contributed by atoms with E-state index in [1.54, 1.807) is 6.20 Å². The van der Waals surface area contributed by atoms with Crippen LogP contribution in [0.1, 0.15) is 0 Å². The summed E-state index contributed by atoms with van der Waals surface area (Å²) in [5.41, 5.74) is 5.29. The van der Waals surface area contributed by atoms with Crippen LogP contribution in [-0.4, -0.2) is 29.7 Å². The summed E-state index contributed by atoms with van der Waals surface area (Å²) in [7, 11) is 0. The average Bonchev–Trinajstić information content (AvgIpc) is 3.63. The minimum absolute atomic E-state index is 0. The molecule has 0 amide bonds. The molecule has 8 aromatic rings. The zero-order chi connectivity index (χ0) is 27.6. The molecule has 0 aliphatic rings. The van der Waals surface area contributed by atoms with Crippen molar-refractivity contribution in [1.82, 2.24) is 29.7 Å². The minimum Gasteiger partial charge on any atom is -0.500 e. The Morgan fingerprint density at radius 1 is 0.810 bits per heavy atom. The molecule has 4 heterocycles. The number of nitrogens with zero attached hydrogens (tertiary/aromatic N) is 6. The summed E-state index contributed by atoms with van der Waals surface area (Å²) in [5, 5.41) is 9.03. The standard InChI is InChI=1S/C22H11FN5O.C11H8N.Ir/c23-16-11-10-15(19-18(16)14-8-4-5-9-17(14)29-19)21-26-20-22(24-12-25-27-20)28(21)13-6-2-1-3-7-13;1-2-6-10(7-3-1)11-8-4-5-9-12-11;/h1-9,11-12H;1-6,8-9H;/q2*-1;. The number of rotatable bonds is 3. The summed E-state index contributed by atoms with van der Waals surface area (Å²) in [6.45, 7) is 0. The maximum atomic E-state index is 14.7. The van der Waals surface area contributed by atoms with Gasteiger partial charge in [0.2, 0.25) is 5.65 Å². The van der Waals surface area contributed by atoms with Crippen molar-refractivity contribution >= 4 is 33.2 Å². The molecule has 4 aromatic heterocycles. The van der Waals surface area contributed by atoms with Crippen LogP contribution in [-0.2, 0) is 20.1 Å². The Morgan fingerprint density at radius 2 is 1.62 bits per heavy atom. The summed E-state index contributed by atoms with van der Waals surface area (Å²) in [6, 6.07) is 38.1. The quantitative estimate of drug-likeness (QED) is 0.178. The number of fused-ring (bicyclic) bond motifs is 4. The number of halogens is 1. The van der Waals surface area contributed by atoms with Gasteiger partial charge >= 0.3 is 0 Å². The summed E-state index contributed by atoms with van der Waals surface area (Å²) in [4.78, 5) is 13.2. The molecular formula is C33H19FIrN6O-2. The fraction of sp³-hybridized carbons (Fsp3) is 0. The Morgan fingerprint density at radius 3 is 2.43 bits per heavy atom. The normalized spacial score (nSPS) is 10.8. The molecule has 205 valence electrons. The Hall–Kier alpha value is -5.11. The van der Waals surface area contributed by atoms with Crippen LogP contribution in [0, 0.1) is 17.9 Å². The smallest absolute Gasteiger partial charge is 0.210 e. The van der Waals surface area contributed by atoms with Crippen LogP contribution in [0.4, 0.5) is 4.39 Å². The van der Waals surface area contributed by atoms with E-state index < -0.39 is 5.82 Å². The van der Waals surface area contributed by atoms with Gasteiger partial charge in [-0.25, -0.2) is 4.98 Å². The topological polar surface area (TPSA) is 82.5 Å². The van der Waals surface area contributed by atoms with E-state index in [4.69, 9.17) is 4.42 Å². The fourth-order valence-electron chi connectivity index (χ4n) is 4.71. The Balaban J connectivity index is 0.000000205. The van der Waals surface area contributed by atoms with Gasteiger partial charge < -0.3 is 14.0 Å². The number of furan rings is 1. The van der Waals surface area contributed by atoms with Crippen LogP contribution >= 0.6 is 0 Å². The van der Waals surface area contributed by atoms with Crippen molar-refractivity contribution in [3.8, 4) is 28.3 Å². The molecule has 0 aliphatic carbocycles. The molecule has 8 rings (SSSR count). The first kappa shape index (κ1) is 27.1. The Bertz CT molecular complexity index is 2080. The average molecular weight is 727 g/mol. The van der Waals surface area contributed by atoms with E-state index in [0.717, 1.165) is 16.9 Å². The predicted octanol–water partition coefficient (Wildman–Crippen LogP) is 7.26. The van der Waals surface area contributed by atoms with Crippen LogP contribution < -0.4 is 0 Å². The third-order valence-electron chi connectivity index (χ3n) is 6.51. The van der Waals surface area contributed by atoms with E-state index in [0.29, 0.717) is 44.6 Å². The fourth-order valence-corrected chi connectivity index (χ4v) is 4.71. The van der Waals surface area contributed by atoms with Gasteiger partial charge in [0.15, 0.2) is 5.65 Å². The Labute approximate surface area is 253 Å². The molecule has 7 nitrogen and oxygen atoms in total. The molecule has 0 saturated heterocycles. The number of benzene rings is 4. The first-order valence-electron chi connectivity index (χ1n) is 12.8. The second-order valence-electron chi connectivity index (χ2n) is 9.02.